The van der Waals surface area contributed by atoms with Crippen LogP contribution in [-0.2, 0) is 65.4 Å². The zero-order chi connectivity index (χ0) is 74.2. The van der Waals surface area contributed by atoms with Crippen LogP contribution in [0.4, 0.5) is 0 Å². The Morgan fingerprint density at radius 2 is 0.455 bits per heavy atom. The number of ether oxygens (including phenoxy) is 4. The minimum absolute atomic E-state index is 0.107. The maximum absolute atomic E-state index is 13.1. The summed E-state index contributed by atoms with van der Waals surface area (Å²) < 4.78 is 68.7. The summed E-state index contributed by atoms with van der Waals surface area (Å²) in [4.78, 5) is 73.0. The molecule has 0 aliphatic carbocycles. The molecule has 19 heteroatoms. The highest BCUT2D eigenvalue weighted by Crippen LogP contribution is 2.45. The summed E-state index contributed by atoms with van der Waals surface area (Å²) in [5.41, 5.74) is 0. The first-order valence-corrected chi connectivity index (χ1v) is 45.5. The zero-order valence-electron chi connectivity index (χ0n) is 66.2. The largest absolute Gasteiger partial charge is 0.472 e. The van der Waals surface area contributed by atoms with E-state index < -0.39 is 97.5 Å². The van der Waals surface area contributed by atoms with E-state index in [0.717, 1.165) is 102 Å². The number of carbonyl (C=O) groups is 4. The number of aliphatic hydroxyl groups excluding tert-OH is 1. The first-order valence-electron chi connectivity index (χ1n) is 42.5. The summed E-state index contributed by atoms with van der Waals surface area (Å²) in [6.07, 6.45) is 64.0. The van der Waals surface area contributed by atoms with Gasteiger partial charge in [0.1, 0.15) is 19.3 Å². The molecule has 0 spiro atoms. The lowest BCUT2D eigenvalue weighted by Gasteiger charge is -2.21. The van der Waals surface area contributed by atoms with Crippen LogP contribution >= 0.6 is 15.6 Å². The second-order valence-corrected chi connectivity index (χ2v) is 33.4. The van der Waals surface area contributed by atoms with Crippen molar-refractivity contribution >= 4 is 39.5 Å². The van der Waals surface area contributed by atoms with Gasteiger partial charge < -0.3 is 33.8 Å². The van der Waals surface area contributed by atoms with E-state index in [0.29, 0.717) is 31.6 Å². The molecule has 5 atom stereocenters. The molecule has 600 valence electrons. The van der Waals surface area contributed by atoms with Gasteiger partial charge in [0.05, 0.1) is 26.4 Å². The van der Waals surface area contributed by atoms with E-state index in [9.17, 15) is 43.2 Å². The van der Waals surface area contributed by atoms with Crippen molar-refractivity contribution in [2.75, 3.05) is 39.6 Å². The molecule has 0 radical (unpaired) electrons. The average Bonchev–Trinajstić information content (AvgIpc) is 0.968. The molecule has 0 rings (SSSR count). The summed E-state index contributed by atoms with van der Waals surface area (Å²) in [6.45, 7) is 9.59. The lowest BCUT2D eigenvalue weighted by molar-refractivity contribution is -0.161. The number of phosphoric acid groups is 2. The maximum Gasteiger partial charge on any atom is 0.472 e. The highest BCUT2D eigenvalue weighted by atomic mass is 31.2. The van der Waals surface area contributed by atoms with Crippen LogP contribution in [0.25, 0.3) is 0 Å². The van der Waals surface area contributed by atoms with Crippen LogP contribution in [0.1, 0.15) is 433 Å². The highest BCUT2D eigenvalue weighted by molar-refractivity contribution is 7.47. The third kappa shape index (κ3) is 76.1. The Bertz CT molecular complexity index is 1940. The minimum Gasteiger partial charge on any atom is -0.462 e. The van der Waals surface area contributed by atoms with E-state index in [1.165, 1.54) is 244 Å². The summed E-state index contributed by atoms with van der Waals surface area (Å²) in [6, 6.07) is 0. The van der Waals surface area contributed by atoms with Gasteiger partial charge in [-0.25, -0.2) is 9.13 Å². The van der Waals surface area contributed by atoms with Crippen molar-refractivity contribution in [2.24, 2.45) is 11.8 Å². The fourth-order valence-electron chi connectivity index (χ4n) is 12.7. The van der Waals surface area contributed by atoms with Crippen molar-refractivity contribution in [1.82, 2.24) is 0 Å². The quantitative estimate of drug-likeness (QED) is 0.0222. The molecule has 0 saturated heterocycles. The number of rotatable bonds is 81. The molecule has 0 aromatic heterocycles. The Morgan fingerprint density at radius 3 is 0.673 bits per heavy atom. The predicted octanol–water partition coefficient (Wildman–Crippen LogP) is 24.7. The van der Waals surface area contributed by atoms with Crippen LogP contribution < -0.4 is 0 Å². The number of hydrogen-bond acceptors (Lipinski definition) is 15. The molecule has 0 bridgehead atoms. The number of aliphatic hydroxyl groups is 1. The lowest BCUT2D eigenvalue weighted by Crippen LogP contribution is -2.30. The van der Waals surface area contributed by atoms with Crippen molar-refractivity contribution in [3.8, 4) is 0 Å². The predicted molar refractivity (Wildman–Crippen MR) is 414 cm³/mol. The number of hydrogen-bond donors (Lipinski definition) is 3. The van der Waals surface area contributed by atoms with E-state index in [1.54, 1.807) is 0 Å². The van der Waals surface area contributed by atoms with Crippen LogP contribution in [0.5, 0.6) is 0 Å². The first-order chi connectivity index (χ1) is 48.9. The molecule has 0 fully saturated rings. The molecule has 0 heterocycles. The van der Waals surface area contributed by atoms with Crippen molar-refractivity contribution in [1.29, 1.82) is 0 Å². The average molecular weight is 1480 g/mol. The fourth-order valence-corrected chi connectivity index (χ4v) is 14.3. The SMILES string of the molecule is CCCCCCCCCCCCCCCCCCCCC(=O)OC[C@H](COP(=O)(O)OC[C@@H](O)COP(=O)(O)OC[C@@H](COC(=O)CCCCCCCCC(C)C)OC(=O)CCCCCCCCCCCCCCCCC)OC(=O)CCCCCCCCCCCCCCCCCCC(C)C. The molecule has 3 N–H and O–H groups in total. The van der Waals surface area contributed by atoms with E-state index in [2.05, 4.69) is 41.5 Å². The van der Waals surface area contributed by atoms with E-state index in [-0.39, 0.29) is 25.7 Å². The third-order valence-electron chi connectivity index (χ3n) is 19.2. The Hall–Kier alpha value is -1.94. The summed E-state index contributed by atoms with van der Waals surface area (Å²) >= 11 is 0. The van der Waals surface area contributed by atoms with Crippen LogP contribution in [-0.4, -0.2) is 96.7 Å². The molecule has 17 nitrogen and oxygen atoms in total. The summed E-state index contributed by atoms with van der Waals surface area (Å²) in [5.74, 6) is -0.620. The van der Waals surface area contributed by atoms with Gasteiger partial charge in [-0.3, -0.25) is 37.3 Å². The van der Waals surface area contributed by atoms with Gasteiger partial charge in [0.15, 0.2) is 12.2 Å². The van der Waals surface area contributed by atoms with Gasteiger partial charge in [-0.15, -0.1) is 0 Å². The van der Waals surface area contributed by atoms with Crippen LogP contribution in [0.3, 0.4) is 0 Å². The Kier molecular flexibility index (Phi) is 72.2. The summed E-state index contributed by atoms with van der Waals surface area (Å²) in [5, 5.41) is 10.6. The summed E-state index contributed by atoms with van der Waals surface area (Å²) in [7, 11) is -9.92. The molecule has 0 aromatic rings. The lowest BCUT2D eigenvalue weighted by atomic mass is 10.0. The van der Waals surface area contributed by atoms with Gasteiger partial charge in [0.2, 0.25) is 0 Å². The second-order valence-electron chi connectivity index (χ2n) is 30.5. The van der Waals surface area contributed by atoms with Crippen LogP contribution in [0.2, 0.25) is 0 Å². The van der Waals surface area contributed by atoms with Crippen molar-refractivity contribution in [3.05, 3.63) is 0 Å². The Balaban J connectivity index is 5.22. The molecular weight excluding hydrogens is 1320 g/mol. The van der Waals surface area contributed by atoms with Crippen LogP contribution in [0.15, 0.2) is 0 Å². The van der Waals surface area contributed by atoms with Crippen molar-refractivity contribution in [3.63, 3.8) is 0 Å². The molecule has 0 saturated carbocycles. The van der Waals surface area contributed by atoms with Gasteiger partial charge in [0, 0.05) is 25.7 Å². The Labute approximate surface area is 619 Å². The molecule has 101 heavy (non-hydrogen) atoms. The molecule has 0 aliphatic rings. The molecular formula is C82H160O17P2. The topological polar surface area (TPSA) is 237 Å². The van der Waals surface area contributed by atoms with E-state index >= 15 is 0 Å². The molecule has 2 unspecified atom stereocenters. The van der Waals surface area contributed by atoms with Gasteiger partial charge in [-0.2, -0.15) is 0 Å². The fraction of sp³-hybridized carbons (Fsp3) is 0.951. The highest BCUT2D eigenvalue weighted by Gasteiger charge is 2.30. The first kappa shape index (κ1) is 99.1. The maximum atomic E-state index is 13.1. The zero-order valence-corrected chi connectivity index (χ0v) is 68.0. The van der Waals surface area contributed by atoms with Gasteiger partial charge in [-0.1, -0.05) is 382 Å². The van der Waals surface area contributed by atoms with Gasteiger partial charge >= 0.3 is 39.5 Å². The van der Waals surface area contributed by atoms with Crippen LogP contribution in [0, 0.1) is 11.8 Å². The second kappa shape index (κ2) is 73.6. The smallest absolute Gasteiger partial charge is 0.462 e. The number of phosphoric ester groups is 2. The van der Waals surface area contributed by atoms with E-state index in [4.69, 9.17) is 37.0 Å². The Morgan fingerprint density at radius 1 is 0.267 bits per heavy atom. The minimum atomic E-state index is -4.96. The number of carbonyl (C=O) groups excluding carboxylic acids is 4. The number of esters is 4. The normalized spacial score (nSPS) is 13.9. The monoisotopic (exact) mass is 1480 g/mol. The van der Waals surface area contributed by atoms with Crippen molar-refractivity contribution < 1.29 is 80.2 Å². The van der Waals surface area contributed by atoms with E-state index in [1.807, 2.05) is 0 Å². The molecule has 0 aliphatic heterocycles. The molecule has 0 aromatic carbocycles. The third-order valence-corrected chi connectivity index (χ3v) is 21.1. The van der Waals surface area contributed by atoms with Crippen molar-refractivity contribution in [2.45, 2.75) is 452 Å². The van der Waals surface area contributed by atoms with Gasteiger partial charge in [0.25, 0.3) is 0 Å². The molecule has 0 amide bonds. The number of unbranched alkanes of at least 4 members (excludes halogenated alkanes) is 51. The standard InChI is InChI=1S/C82H160O17P2/c1-7-9-11-13-15-17-19-21-23-24-25-30-33-37-41-45-52-58-64-79(84)92-70-77(98-81(86)66-61-55-47-43-39-35-31-27-26-29-32-36-40-44-50-56-62-74(3)4)72-96-100(88,89)94-68-76(83)69-95-101(90,91)97-73-78(71-93-80(85)65-59-53-49-48-51-57-63-75(5)6)99-82(87)67-60-54-46-42-38-34-28-22-20-18-16-14-12-10-8-2/h74-78,83H,7-73H2,1-6H3,(H,88,89)(H,90,91)/t76-,77-,78-/m1/s1. The van der Waals surface area contributed by atoms with Gasteiger partial charge in [-0.05, 0) is 37.5 Å².